The third-order valence-corrected chi connectivity index (χ3v) is 2.77. The summed E-state index contributed by atoms with van der Waals surface area (Å²) < 4.78 is 0. The summed E-state index contributed by atoms with van der Waals surface area (Å²) in [7, 11) is 0. The molecule has 0 aliphatic heterocycles. The van der Waals surface area contributed by atoms with Crippen molar-refractivity contribution in [3.8, 4) is 0 Å². The van der Waals surface area contributed by atoms with E-state index in [1.807, 2.05) is 0 Å². The molecule has 0 radical (unpaired) electrons. The maximum absolute atomic E-state index is 9.30. The van der Waals surface area contributed by atoms with Crippen molar-refractivity contribution in [2.75, 3.05) is 6.61 Å². The number of allylic oxidation sites excluding steroid dienone is 1. The highest BCUT2D eigenvalue weighted by Crippen LogP contribution is 2.26. The first-order chi connectivity index (χ1) is 6.22. The van der Waals surface area contributed by atoms with Crippen molar-refractivity contribution in [2.24, 2.45) is 5.92 Å². The molecule has 0 bridgehead atoms. The van der Waals surface area contributed by atoms with Crippen LogP contribution in [0, 0.1) is 5.92 Å². The van der Waals surface area contributed by atoms with Gasteiger partial charge in [-0.2, -0.15) is 0 Å². The van der Waals surface area contributed by atoms with Gasteiger partial charge >= 0.3 is 0 Å². The van der Waals surface area contributed by atoms with Gasteiger partial charge in [0.1, 0.15) is 0 Å². The highest BCUT2D eigenvalue weighted by atomic mass is 16.3. The molecule has 2 N–H and O–H groups in total. The third kappa shape index (κ3) is 3.92. The molecule has 0 unspecified atom stereocenters. The zero-order valence-electron chi connectivity index (χ0n) is 8.37. The molecule has 0 amide bonds. The molecular formula is C11H20O2. The first kappa shape index (κ1) is 10.7. The molecule has 0 heterocycles. The van der Waals surface area contributed by atoms with Crippen LogP contribution < -0.4 is 0 Å². The van der Waals surface area contributed by atoms with Crippen LogP contribution in [0.15, 0.2) is 11.6 Å². The predicted molar refractivity (Wildman–Crippen MR) is 53.4 cm³/mol. The minimum Gasteiger partial charge on any atom is -0.396 e. The molecule has 1 aliphatic carbocycles. The lowest BCUT2D eigenvalue weighted by atomic mass is 9.86. The molecular weight excluding hydrogens is 164 g/mol. The Hall–Kier alpha value is -0.340. The maximum Gasteiger partial charge on any atom is 0.0540 e. The van der Waals surface area contributed by atoms with Crippen molar-refractivity contribution in [3.63, 3.8) is 0 Å². The van der Waals surface area contributed by atoms with Crippen LogP contribution in [0.4, 0.5) is 0 Å². The van der Waals surface area contributed by atoms with Crippen LogP contribution in [-0.4, -0.2) is 22.9 Å². The lowest BCUT2D eigenvalue weighted by Gasteiger charge is -2.23. The van der Waals surface area contributed by atoms with Crippen molar-refractivity contribution in [1.29, 1.82) is 0 Å². The Morgan fingerprint density at radius 3 is 2.46 bits per heavy atom. The van der Waals surface area contributed by atoms with E-state index in [1.54, 1.807) is 0 Å². The van der Waals surface area contributed by atoms with Crippen molar-refractivity contribution in [2.45, 2.75) is 45.1 Å². The van der Waals surface area contributed by atoms with Crippen LogP contribution >= 0.6 is 0 Å². The number of rotatable bonds is 3. The summed E-state index contributed by atoms with van der Waals surface area (Å²) in [5.41, 5.74) is 1.28. The monoisotopic (exact) mass is 184 g/mol. The number of aliphatic hydroxyl groups excluding tert-OH is 2. The van der Waals surface area contributed by atoms with E-state index in [0.29, 0.717) is 5.92 Å². The molecule has 0 atom stereocenters. The average molecular weight is 184 g/mol. The summed E-state index contributed by atoms with van der Waals surface area (Å²) in [6.45, 7) is 2.32. The van der Waals surface area contributed by atoms with Crippen molar-refractivity contribution < 1.29 is 10.2 Å². The van der Waals surface area contributed by atoms with Gasteiger partial charge in [0.05, 0.1) is 6.10 Å². The van der Waals surface area contributed by atoms with Crippen LogP contribution in [0.5, 0.6) is 0 Å². The zero-order chi connectivity index (χ0) is 9.68. The van der Waals surface area contributed by atoms with Gasteiger partial charge in [0.25, 0.3) is 0 Å². The standard InChI is InChI=1S/C11H20O2/c1-9(6-7-12)8-10-2-4-11(13)5-3-10/h8,10-13H,2-7H2,1H3. The molecule has 2 nitrogen and oxygen atoms in total. The van der Waals surface area contributed by atoms with Crippen LogP contribution in [0.2, 0.25) is 0 Å². The highest BCUT2D eigenvalue weighted by Gasteiger charge is 2.17. The quantitative estimate of drug-likeness (QED) is 0.657. The van der Waals surface area contributed by atoms with E-state index in [2.05, 4.69) is 13.0 Å². The van der Waals surface area contributed by atoms with Gasteiger partial charge in [0, 0.05) is 6.61 Å². The first-order valence-electron chi connectivity index (χ1n) is 5.18. The largest absolute Gasteiger partial charge is 0.396 e. The molecule has 0 aromatic rings. The summed E-state index contributed by atoms with van der Waals surface area (Å²) in [6.07, 6.45) is 7.07. The van der Waals surface area contributed by atoms with Crippen LogP contribution in [0.1, 0.15) is 39.0 Å². The Labute approximate surface area is 80.3 Å². The second-order valence-electron chi connectivity index (χ2n) is 4.06. The number of hydrogen-bond acceptors (Lipinski definition) is 2. The van der Waals surface area contributed by atoms with Crippen molar-refractivity contribution in [1.82, 2.24) is 0 Å². The van der Waals surface area contributed by atoms with E-state index in [9.17, 15) is 5.11 Å². The van der Waals surface area contributed by atoms with Gasteiger partial charge in [-0.05, 0) is 44.9 Å². The minimum atomic E-state index is -0.0669. The smallest absolute Gasteiger partial charge is 0.0540 e. The number of aliphatic hydroxyl groups is 2. The summed E-state index contributed by atoms with van der Waals surface area (Å²) in [5.74, 6) is 0.634. The van der Waals surface area contributed by atoms with Crippen LogP contribution in [-0.2, 0) is 0 Å². The molecule has 76 valence electrons. The van der Waals surface area contributed by atoms with Crippen molar-refractivity contribution in [3.05, 3.63) is 11.6 Å². The Bertz CT molecular complexity index is 167. The first-order valence-corrected chi connectivity index (χ1v) is 5.18. The van der Waals surface area contributed by atoms with Gasteiger partial charge in [-0.3, -0.25) is 0 Å². The van der Waals surface area contributed by atoms with E-state index >= 15 is 0 Å². The van der Waals surface area contributed by atoms with Gasteiger partial charge < -0.3 is 10.2 Å². The van der Waals surface area contributed by atoms with Gasteiger partial charge in [-0.1, -0.05) is 11.6 Å². The predicted octanol–water partition coefficient (Wildman–Crippen LogP) is 1.87. The Balaban J connectivity index is 2.32. The normalized spacial score (nSPS) is 30.5. The summed E-state index contributed by atoms with van der Waals surface area (Å²) in [4.78, 5) is 0. The zero-order valence-corrected chi connectivity index (χ0v) is 8.37. The highest BCUT2D eigenvalue weighted by molar-refractivity contribution is 5.02. The average Bonchev–Trinajstić information content (AvgIpc) is 2.09. The second kappa shape index (κ2) is 5.40. The van der Waals surface area contributed by atoms with E-state index in [0.717, 1.165) is 32.1 Å². The van der Waals surface area contributed by atoms with Crippen LogP contribution in [0.25, 0.3) is 0 Å². The van der Waals surface area contributed by atoms with E-state index < -0.39 is 0 Å². The van der Waals surface area contributed by atoms with Gasteiger partial charge in [0.15, 0.2) is 0 Å². The fourth-order valence-corrected chi connectivity index (χ4v) is 1.93. The summed E-state index contributed by atoms with van der Waals surface area (Å²) in [6, 6.07) is 0. The molecule has 0 aromatic carbocycles. The lowest BCUT2D eigenvalue weighted by molar-refractivity contribution is 0.117. The Morgan fingerprint density at radius 2 is 1.92 bits per heavy atom. The van der Waals surface area contributed by atoms with E-state index in [-0.39, 0.29) is 12.7 Å². The SMILES string of the molecule is CC(=CC1CCC(O)CC1)CCO. The van der Waals surface area contributed by atoms with E-state index in [4.69, 9.17) is 5.11 Å². The minimum absolute atomic E-state index is 0.0669. The molecule has 1 aliphatic rings. The lowest BCUT2D eigenvalue weighted by Crippen LogP contribution is -2.17. The maximum atomic E-state index is 9.30. The fourth-order valence-electron chi connectivity index (χ4n) is 1.93. The molecule has 13 heavy (non-hydrogen) atoms. The topological polar surface area (TPSA) is 40.5 Å². The molecule has 1 saturated carbocycles. The van der Waals surface area contributed by atoms with Gasteiger partial charge in [-0.25, -0.2) is 0 Å². The fraction of sp³-hybridized carbons (Fsp3) is 0.818. The Kier molecular flexibility index (Phi) is 4.46. The van der Waals surface area contributed by atoms with Gasteiger partial charge in [0.2, 0.25) is 0 Å². The van der Waals surface area contributed by atoms with Crippen molar-refractivity contribution >= 4 is 0 Å². The number of hydrogen-bond donors (Lipinski definition) is 2. The summed E-state index contributed by atoms with van der Waals surface area (Å²) >= 11 is 0. The van der Waals surface area contributed by atoms with Gasteiger partial charge in [-0.15, -0.1) is 0 Å². The Morgan fingerprint density at radius 1 is 1.31 bits per heavy atom. The molecule has 0 spiro atoms. The molecule has 2 heteroatoms. The molecule has 0 saturated heterocycles. The molecule has 1 fully saturated rings. The second-order valence-corrected chi connectivity index (χ2v) is 4.06. The van der Waals surface area contributed by atoms with Crippen LogP contribution in [0.3, 0.4) is 0 Å². The molecule has 0 aromatic heterocycles. The summed E-state index contributed by atoms with van der Waals surface area (Å²) in [5, 5.41) is 18.0. The van der Waals surface area contributed by atoms with E-state index in [1.165, 1.54) is 5.57 Å². The molecule has 1 rings (SSSR count). The third-order valence-electron chi connectivity index (χ3n) is 2.77.